The van der Waals surface area contributed by atoms with Gasteiger partial charge in [0.15, 0.2) is 0 Å². The summed E-state index contributed by atoms with van der Waals surface area (Å²) in [4.78, 5) is 11.7. The highest BCUT2D eigenvalue weighted by molar-refractivity contribution is 5.91. The first-order chi connectivity index (χ1) is 10.9. The minimum absolute atomic E-state index is 0.0760. The molecule has 0 aliphatic heterocycles. The van der Waals surface area contributed by atoms with Crippen LogP contribution in [-0.4, -0.2) is 22.3 Å². The molecule has 1 aromatic carbocycles. The molecule has 2 aromatic rings. The van der Waals surface area contributed by atoms with Gasteiger partial charge in [-0.2, -0.15) is 13.9 Å². The number of nitrogens with zero attached hydrogens (tertiary/aromatic N) is 2. The zero-order chi connectivity index (χ0) is 16.8. The average molecular weight is 321 g/mol. The molecule has 7 heteroatoms. The molecular weight excluding hydrogens is 304 g/mol. The monoisotopic (exact) mass is 321 g/mol. The van der Waals surface area contributed by atoms with Crippen molar-refractivity contribution in [1.82, 2.24) is 15.1 Å². The molecule has 1 N–H and O–H groups in total. The molecule has 0 aliphatic rings. The average Bonchev–Trinajstić information content (AvgIpc) is 2.82. The first kappa shape index (κ1) is 16.7. The number of benzene rings is 1. The number of halogens is 2. The van der Waals surface area contributed by atoms with Crippen molar-refractivity contribution in [3.8, 4) is 5.75 Å². The summed E-state index contributed by atoms with van der Waals surface area (Å²) in [5.74, 6) is -0.187. The summed E-state index contributed by atoms with van der Waals surface area (Å²) in [5.41, 5.74) is 2.49. The summed E-state index contributed by atoms with van der Waals surface area (Å²) in [6.45, 7) is -0.580. The summed E-state index contributed by atoms with van der Waals surface area (Å²) < 4.78 is 30.0. The Labute approximate surface area is 132 Å². The van der Waals surface area contributed by atoms with Crippen LogP contribution < -0.4 is 10.1 Å². The molecule has 0 saturated carbocycles. The van der Waals surface area contributed by atoms with E-state index in [0.29, 0.717) is 12.1 Å². The van der Waals surface area contributed by atoms with E-state index in [9.17, 15) is 13.6 Å². The van der Waals surface area contributed by atoms with Crippen LogP contribution in [0.5, 0.6) is 5.75 Å². The highest BCUT2D eigenvalue weighted by Gasteiger charge is 2.04. The number of rotatable bonds is 6. The lowest BCUT2D eigenvalue weighted by atomic mass is 10.2. The van der Waals surface area contributed by atoms with Gasteiger partial charge >= 0.3 is 6.61 Å². The molecular formula is C16H17F2N3O2. The Morgan fingerprint density at radius 2 is 2.09 bits per heavy atom. The molecule has 0 radical (unpaired) electrons. The molecule has 1 amide bonds. The van der Waals surface area contributed by atoms with Crippen molar-refractivity contribution < 1.29 is 18.3 Å². The molecule has 0 bridgehead atoms. The minimum Gasteiger partial charge on any atom is -0.435 e. The third kappa shape index (κ3) is 5.21. The number of ether oxygens (including phenoxy) is 1. The molecule has 0 fully saturated rings. The van der Waals surface area contributed by atoms with Crippen LogP contribution in [0, 0.1) is 6.92 Å². The predicted octanol–water partition coefficient (Wildman–Crippen LogP) is 2.66. The third-order valence-electron chi connectivity index (χ3n) is 3.14. The number of carbonyl (C=O) groups is 1. The molecule has 2 rings (SSSR count). The number of aryl methyl sites for hydroxylation is 2. The van der Waals surface area contributed by atoms with Gasteiger partial charge in [-0.15, -0.1) is 0 Å². The molecule has 1 heterocycles. The van der Waals surface area contributed by atoms with Crippen molar-refractivity contribution in [1.29, 1.82) is 0 Å². The van der Waals surface area contributed by atoms with Gasteiger partial charge in [0.05, 0.1) is 12.2 Å². The Hall–Kier alpha value is -2.70. The maximum absolute atomic E-state index is 12.0. The van der Waals surface area contributed by atoms with Gasteiger partial charge < -0.3 is 10.1 Å². The molecule has 122 valence electrons. The Morgan fingerprint density at radius 3 is 2.65 bits per heavy atom. The van der Waals surface area contributed by atoms with E-state index in [1.54, 1.807) is 22.9 Å². The van der Waals surface area contributed by atoms with E-state index < -0.39 is 6.61 Å². The second-order valence-electron chi connectivity index (χ2n) is 4.90. The number of hydrogen-bond donors (Lipinski definition) is 1. The summed E-state index contributed by atoms with van der Waals surface area (Å²) in [5, 5.41) is 6.96. The van der Waals surface area contributed by atoms with Crippen LogP contribution in [0.15, 0.2) is 36.4 Å². The van der Waals surface area contributed by atoms with E-state index in [1.165, 1.54) is 18.2 Å². The fourth-order valence-electron chi connectivity index (χ4n) is 1.89. The zero-order valence-electron chi connectivity index (χ0n) is 12.8. The maximum atomic E-state index is 12.0. The van der Waals surface area contributed by atoms with E-state index in [2.05, 4.69) is 15.2 Å². The van der Waals surface area contributed by atoms with Crippen molar-refractivity contribution in [2.24, 2.45) is 7.05 Å². The summed E-state index contributed by atoms with van der Waals surface area (Å²) >= 11 is 0. The molecule has 0 unspecified atom stereocenters. The lowest BCUT2D eigenvalue weighted by molar-refractivity contribution is -0.116. The Bertz CT molecular complexity index is 674. The Kier molecular flexibility index (Phi) is 5.46. The Balaban J connectivity index is 1.85. The topological polar surface area (TPSA) is 56.1 Å². The van der Waals surface area contributed by atoms with Crippen molar-refractivity contribution in [2.75, 3.05) is 0 Å². The second-order valence-corrected chi connectivity index (χ2v) is 4.90. The van der Waals surface area contributed by atoms with Crippen LogP contribution in [0.25, 0.3) is 6.08 Å². The van der Waals surface area contributed by atoms with Crippen LogP contribution in [0.2, 0.25) is 0 Å². The highest BCUT2D eigenvalue weighted by Crippen LogP contribution is 2.15. The van der Waals surface area contributed by atoms with Crippen molar-refractivity contribution in [2.45, 2.75) is 20.1 Å². The fraction of sp³-hybridized carbons (Fsp3) is 0.250. The maximum Gasteiger partial charge on any atom is 0.387 e. The number of nitrogens with one attached hydrogen (secondary N) is 1. The van der Waals surface area contributed by atoms with Gasteiger partial charge in [0, 0.05) is 18.8 Å². The third-order valence-corrected chi connectivity index (χ3v) is 3.14. The lowest BCUT2D eigenvalue weighted by Crippen LogP contribution is -2.20. The summed E-state index contributed by atoms with van der Waals surface area (Å²) in [6.07, 6.45) is 2.96. The van der Waals surface area contributed by atoms with E-state index >= 15 is 0 Å². The number of carbonyl (C=O) groups excluding carboxylic acids is 1. The number of hydrogen-bond acceptors (Lipinski definition) is 3. The molecule has 0 spiro atoms. The van der Waals surface area contributed by atoms with Crippen LogP contribution in [0.4, 0.5) is 8.78 Å². The van der Waals surface area contributed by atoms with Gasteiger partial charge in [-0.1, -0.05) is 12.1 Å². The van der Waals surface area contributed by atoms with E-state index in [4.69, 9.17) is 0 Å². The highest BCUT2D eigenvalue weighted by atomic mass is 19.3. The molecule has 23 heavy (non-hydrogen) atoms. The van der Waals surface area contributed by atoms with Crippen LogP contribution in [-0.2, 0) is 18.4 Å². The molecule has 5 nitrogen and oxygen atoms in total. The molecule has 0 saturated heterocycles. The van der Waals surface area contributed by atoms with E-state index in [1.807, 2.05) is 20.0 Å². The molecule has 0 aliphatic carbocycles. The quantitative estimate of drug-likeness (QED) is 0.832. The lowest BCUT2D eigenvalue weighted by Gasteiger charge is -2.03. The minimum atomic E-state index is -2.85. The van der Waals surface area contributed by atoms with Crippen LogP contribution >= 0.6 is 0 Å². The number of amides is 1. The first-order valence-corrected chi connectivity index (χ1v) is 6.94. The first-order valence-electron chi connectivity index (χ1n) is 6.94. The Morgan fingerprint density at radius 1 is 1.39 bits per heavy atom. The largest absolute Gasteiger partial charge is 0.435 e. The second kappa shape index (κ2) is 7.53. The van der Waals surface area contributed by atoms with Gasteiger partial charge in [-0.3, -0.25) is 9.48 Å². The summed E-state index contributed by atoms with van der Waals surface area (Å²) in [7, 11) is 1.84. The standard InChI is InChI=1S/C16H17F2N3O2/c1-11-9-13(20-21(11)2)10-19-15(22)8-5-12-3-6-14(7-4-12)23-16(17)18/h3-9,16H,10H2,1-2H3,(H,19,22)/b8-5-. The van der Waals surface area contributed by atoms with Crippen molar-refractivity contribution >= 4 is 12.0 Å². The van der Waals surface area contributed by atoms with Gasteiger partial charge in [0.25, 0.3) is 0 Å². The van der Waals surface area contributed by atoms with E-state index in [-0.39, 0.29) is 11.7 Å². The van der Waals surface area contributed by atoms with Crippen molar-refractivity contribution in [3.63, 3.8) is 0 Å². The fourth-order valence-corrected chi connectivity index (χ4v) is 1.89. The smallest absolute Gasteiger partial charge is 0.387 e. The van der Waals surface area contributed by atoms with Gasteiger partial charge in [-0.05, 0) is 36.8 Å². The van der Waals surface area contributed by atoms with E-state index in [0.717, 1.165) is 11.4 Å². The molecule has 0 atom stereocenters. The predicted molar refractivity (Wildman–Crippen MR) is 81.9 cm³/mol. The van der Waals surface area contributed by atoms with Crippen LogP contribution in [0.1, 0.15) is 17.0 Å². The molecule has 1 aromatic heterocycles. The number of aromatic nitrogens is 2. The zero-order valence-corrected chi connectivity index (χ0v) is 12.8. The van der Waals surface area contributed by atoms with Gasteiger partial charge in [-0.25, -0.2) is 0 Å². The number of alkyl halides is 2. The van der Waals surface area contributed by atoms with Crippen LogP contribution in [0.3, 0.4) is 0 Å². The summed E-state index contributed by atoms with van der Waals surface area (Å²) in [6, 6.07) is 7.90. The van der Waals surface area contributed by atoms with Gasteiger partial charge in [0.2, 0.25) is 5.91 Å². The SMILES string of the molecule is Cc1cc(CNC(=O)/C=C\c2ccc(OC(F)F)cc2)nn1C. The normalized spacial score (nSPS) is 11.2. The van der Waals surface area contributed by atoms with Crippen molar-refractivity contribution in [3.05, 3.63) is 53.4 Å². The van der Waals surface area contributed by atoms with Gasteiger partial charge in [0.1, 0.15) is 5.75 Å².